The minimum Gasteiger partial charge on any atom is -0.207 e. The molecule has 1 aromatic rings. The zero-order valence-electron chi connectivity index (χ0n) is 11.3. The van der Waals surface area contributed by atoms with Gasteiger partial charge < -0.3 is 0 Å². The van der Waals surface area contributed by atoms with E-state index in [4.69, 9.17) is 0 Å². The molecular formula is C13H17Br2NO2S2. The number of hydrogen-bond acceptors (Lipinski definition) is 3. The fourth-order valence-corrected chi connectivity index (χ4v) is 6.48. The van der Waals surface area contributed by atoms with Crippen molar-refractivity contribution in [3.8, 4) is 0 Å². The Morgan fingerprint density at radius 1 is 1.35 bits per heavy atom. The minimum absolute atomic E-state index is 0.0169. The molecule has 1 aromatic carbocycles. The molecule has 0 spiro atoms. The van der Waals surface area contributed by atoms with Crippen LogP contribution >= 0.6 is 43.6 Å². The highest BCUT2D eigenvalue weighted by atomic mass is 79.9. The van der Waals surface area contributed by atoms with Crippen molar-refractivity contribution in [2.75, 3.05) is 5.75 Å². The van der Waals surface area contributed by atoms with Crippen molar-refractivity contribution in [1.82, 2.24) is 4.72 Å². The van der Waals surface area contributed by atoms with Gasteiger partial charge in [0.1, 0.15) is 0 Å². The highest BCUT2D eigenvalue weighted by Gasteiger charge is 2.31. The first-order valence-corrected chi connectivity index (χ1v) is 10.5. The van der Waals surface area contributed by atoms with Crippen LogP contribution in [0.1, 0.15) is 20.3 Å². The summed E-state index contributed by atoms with van der Waals surface area (Å²) < 4.78 is 29.1. The molecule has 7 heteroatoms. The monoisotopic (exact) mass is 441 g/mol. The van der Waals surface area contributed by atoms with Crippen molar-refractivity contribution in [2.24, 2.45) is 5.92 Å². The molecule has 0 saturated carbocycles. The summed E-state index contributed by atoms with van der Waals surface area (Å²) in [5, 5.41) is 0.536. The Labute approximate surface area is 141 Å². The molecular weight excluding hydrogens is 426 g/mol. The van der Waals surface area contributed by atoms with Gasteiger partial charge in [-0.3, -0.25) is 0 Å². The molecule has 112 valence electrons. The van der Waals surface area contributed by atoms with Gasteiger partial charge in [0.2, 0.25) is 10.0 Å². The number of thioether (sulfide) groups is 1. The van der Waals surface area contributed by atoms with Crippen LogP contribution in [0.25, 0.3) is 0 Å². The highest BCUT2D eigenvalue weighted by molar-refractivity contribution is 9.11. The van der Waals surface area contributed by atoms with Crippen LogP contribution in [0.15, 0.2) is 32.0 Å². The van der Waals surface area contributed by atoms with E-state index in [9.17, 15) is 8.42 Å². The summed E-state index contributed by atoms with van der Waals surface area (Å²) in [5.41, 5.74) is 0. The van der Waals surface area contributed by atoms with E-state index in [0.717, 1.165) is 16.6 Å². The molecule has 1 N–H and O–H groups in total. The second-order valence-corrected chi connectivity index (χ2v) is 9.97. The molecule has 0 bridgehead atoms. The van der Waals surface area contributed by atoms with E-state index in [2.05, 4.69) is 50.4 Å². The summed E-state index contributed by atoms with van der Waals surface area (Å²) in [6, 6.07) is 5.18. The normalized spacial score (nSPS) is 23.4. The number of nitrogens with one attached hydrogen (secondary N) is 1. The lowest BCUT2D eigenvalue weighted by atomic mass is 10.0. The fraction of sp³-hybridized carbons (Fsp3) is 0.538. The van der Waals surface area contributed by atoms with Gasteiger partial charge in [-0.15, -0.1) is 0 Å². The van der Waals surface area contributed by atoms with Crippen molar-refractivity contribution in [3.05, 3.63) is 27.1 Å². The number of halogens is 2. The molecule has 1 fully saturated rings. The number of benzene rings is 1. The summed E-state index contributed by atoms with van der Waals surface area (Å²) >= 11 is 8.47. The van der Waals surface area contributed by atoms with E-state index in [1.54, 1.807) is 12.1 Å². The van der Waals surface area contributed by atoms with Crippen LogP contribution in [-0.4, -0.2) is 25.5 Å². The lowest BCUT2D eigenvalue weighted by Gasteiger charge is -2.15. The van der Waals surface area contributed by atoms with E-state index in [0.29, 0.717) is 15.6 Å². The Kier molecular flexibility index (Phi) is 5.62. The molecule has 2 atom stereocenters. The third kappa shape index (κ3) is 4.00. The molecule has 1 aliphatic rings. The third-order valence-corrected chi connectivity index (χ3v) is 8.04. The summed E-state index contributed by atoms with van der Waals surface area (Å²) in [4.78, 5) is 0.282. The molecule has 20 heavy (non-hydrogen) atoms. The van der Waals surface area contributed by atoms with Crippen molar-refractivity contribution < 1.29 is 8.42 Å². The predicted octanol–water partition coefficient (Wildman–Crippen LogP) is 4.02. The van der Waals surface area contributed by atoms with E-state index in [-0.39, 0.29) is 10.9 Å². The van der Waals surface area contributed by atoms with E-state index in [1.165, 1.54) is 0 Å². The van der Waals surface area contributed by atoms with Crippen LogP contribution < -0.4 is 4.72 Å². The lowest BCUT2D eigenvalue weighted by Crippen LogP contribution is -2.35. The van der Waals surface area contributed by atoms with Crippen LogP contribution in [0.4, 0.5) is 0 Å². The van der Waals surface area contributed by atoms with E-state index < -0.39 is 10.0 Å². The largest absolute Gasteiger partial charge is 0.242 e. The summed E-state index contributed by atoms with van der Waals surface area (Å²) in [6.45, 7) is 4.36. The van der Waals surface area contributed by atoms with Gasteiger partial charge in [0.25, 0.3) is 0 Å². The Balaban J connectivity index is 2.14. The van der Waals surface area contributed by atoms with Crippen molar-refractivity contribution in [1.29, 1.82) is 0 Å². The molecule has 0 amide bonds. The molecule has 1 saturated heterocycles. The van der Waals surface area contributed by atoms with Crippen LogP contribution in [-0.2, 0) is 10.0 Å². The van der Waals surface area contributed by atoms with Crippen molar-refractivity contribution >= 4 is 53.6 Å². The van der Waals surface area contributed by atoms with Gasteiger partial charge in [-0.05, 0) is 46.5 Å². The fourth-order valence-electron chi connectivity index (χ4n) is 2.17. The highest BCUT2D eigenvalue weighted by Crippen LogP contribution is 2.33. The first kappa shape index (κ1) is 16.8. The standard InChI is InChI=1S/C13H17Br2NO2S2/c1-8(2)12-6-10(7-19-12)16-20(17,18)13-5-9(14)3-4-11(13)15/h3-5,8,10,12,16H,6-7H2,1-2H3/t10-,12-/m1/s1. The zero-order valence-corrected chi connectivity index (χ0v) is 16.1. The molecule has 0 aromatic heterocycles. The quantitative estimate of drug-likeness (QED) is 0.765. The van der Waals surface area contributed by atoms with Gasteiger partial charge in [0, 0.05) is 26.0 Å². The summed E-state index contributed by atoms with van der Waals surface area (Å²) in [5.74, 6) is 1.42. The van der Waals surface area contributed by atoms with Gasteiger partial charge in [-0.1, -0.05) is 29.8 Å². The number of rotatable bonds is 4. The van der Waals surface area contributed by atoms with Crippen LogP contribution in [0, 0.1) is 5.92 Å². The maximum Gasteiger partial charge on any atom is 0.242 e. The first-order valence-electron chi connectivity index (χ1n) is 6.38. The third-order valence-electron chi connectivity index (χ3n) is 3.28. The Morgan fingerprint density at radius 3 is 2.65 bits per heavy atom. The number of sulfonamides is 1. The second-order valence-electron chi connectivity index (χ2n) is 5.24. The number of hydrogen-bond donors (Lipinski definition) is 1. The molecule has 0 unspecified atom stereocenters. The SMILES string of the molecule is CC(C)[C@H]1C[C@@H](NS(=O)(=O)c2cc(Br)ccc2Br)CS1. The van der Waals surface area contributed by atoms with Crippen LogP contribution in [0.2, 0.25) is 0 Å². The minimum atomic E-state index is -3.49. The van der Waals surface area contributed by atoms with Crippen LogP contribution in [0.3, 0.4) is 0 Å². The summed E-state index contributed by atoms with van der Waals surface area (Å²) in [7, 11) is -3.49. The Bertz CT molecular complexity index is 590. The van der Waals surface area contributed by atoms with Gasteiger partial charge in [-0.2, -0.15) is 11.8 Å². The summed E-state index contributed by atoms with van der Waals surface area (Å²) in [6.07, 6.45) is 0.896. The van der Waals surface area contributed by atoms with Gasteiger partial charge in [0.15, 0.2) is 0 Å². The maximum absolute atomic E-state index is 12.5. The molecule has 3 nitrogen and oxygen atoms in total. The van der Waals surface area contributed by atoms with Crippen molar-refractivity contribution in [2.45, 2.75) is 36.5 Å². The Hall–Kier alpha value is 0.440. The first-order chi connectivity index (χ1) is 9.29. The van der Waals surface area contributed by atoms with E-state index in [1.807, 2.05) is 17.8 Å². The van der Waals surface area contributed by atoms with Crippen molar-refractivity contribution in [3.63, 3.8) is 0 Å². The molecule has 0 radical (unpaired) electrons. The molecule has 1 heterocycles. The topological polar surface area (TPSA) is 46.2 Å². The van der Waals surface area contributed by atoms with Crippen LogP contribution in [0.5, 0.6) is 0 Å². The maximum atomic E-state index is 12.5. The second kappa shape index (κ2) is 6.69. The molecule has 2 rings (SSSR count). The lowest BCUT2D eigenvalue weighted by molar-refractivity contribution is 0.520. The zero-order chi connectivity index (χ0) is 14.9. The predicted molar refractivity (Wildman–Crippen MR) is 91.7 cm³/mol. The van der Waals surface area contributed by atoms with E-state index >= 15 is 0 Å². The average molecular weight is 443 g/mol. The average Bonchev–Trinajstić information content (AvgIpc) is 2.80. The van der Waals surface area contributed by atoms with Gasteiger partial charge in [-0.25, -0.2) is 13.1 Å². The smallest absolute Gasteiger partial charge is 0.207 e. The Morgan fingerprint density at radius 2 is 2.05 bits per heavy atom. The van der Waals surface area contributed by atoms with Gasteiger partial charge >= 0.3 is 0 Å². The molecule has 0 aliphatic carbocycles. The van der Waals surface area contributed by atoms with Gasteiger partial charge in [0.05, 0.1) is 4.90 Å². The molecule has 1 aliphatic heterocycles.